The second kappa shape index (κ2) is 8.11. The first kappa shape index (κ1) is 16.9. The van der Waals surface area contributed by atoms with Crippen molar-refractivity contribution in [1.82, 2.24) is 4.90 Å². The number of rotatable bonds is 7. The van der Waals surface area contributed by atoms with Crippen molar-refractivity contribution in [3.05, 3.63) is 35.9 Å². The van der Waals surface area contributed by atoms with Crippen molar-refractivity contribution in [1.29, 1.82) is 5.26 Å². The number of hydrogen-bond acceptors (Lipinski definition) is 6. The predicted octanol–water partition coefficient (Wildman–Crippen LogP) is 0.613. The number of likely N-dealkylation sites (N-methyl/N-ethyl adjacent to an activating group) is 1. The largest absolute Gasteiger partial charge is 0.461 e. The van der Waals surface area contributed by atoms with E-state index in [0.717, 1.165) is 12.3 Å². The van der Waals surface area contributed by atoms with Crippen LogP contribution in [0.15, 0.2) is 35.9 Å². The molecule has 0 aliphatic rings. The lowest BCUT2D eigenvalue weighted by Gasteiger charge is -2.12. The summed E-state index contributed by atoms with van der Waals surface area (Å²) >= 11 is 0. The summed E-state index contributed by atoms with van der Waals surface area (Å²) in [6, 6.07) is 1.60. The van der Waals surface area contributed by atoms with E-state index in [1.807, 2.05) is 0 Å². The highest BCUT2D eigenvalue weighted by Gasteiger charge is 2.08. The van der Waals surface area contributed by atoms with Crippen LogP contribution in [0.1, 0.15) is 0 Å². The third kappa shape index (κ3) is 7.78. The zero-order valence-corrected chi connectivity index (χ0v) is 11.7. The molecule has 0 rings (SSSR count). The maximum Gasteiger partial charge on any atom is 0.330 e. The fourth-order valence-corrected chi connectivity index (χ4v) is 1.44. The van der Waals surface area contributed by atoms with Gasteiger partial charge >= 0.3 is 5.97 Å². The molecule has 0 fully saturated rings. The molecule has 0 aliphatic carbocycles. The molecule has 6 nitrogen and oxygen atoms in total. The Morgan fingerprint density at radius 3 is 2.63 bits per heavy atom. The Hall–Kier alpha value is -2.07. The van der Waals surface area contributed by atoms with Crippen LogP contribution < -0.4 is 0 Å². The molecule has 0 atom stereocenters. The molecule has 0 saturated heterocycles. The molecule has 0 radical (unpaired) electrons. The molecule has 19 heavy (non-hydrogen) atoms. The van der Waals surface area contributed by atoms with Gasteiger partial charge in [-0.25, -0.2) is 13.2 Å². The minimum Gasteiger partial charge on any atom is -0.461 e. The molecular weight excluding hydrogens is 268 g/mol. The Morgan fingerprint density at radius 1 is 1.53 bits per heavy atom. The summed E-state index contributed by atoms with van der Waals surface area (Å²) in [5, 5.41) is 8.64. The number of esters is 1. The second-order valence-corrected chi connectivity index (χ2v) is 5.59. The van der Waals surface area contributed by atoms with Crippen molar-refractivity contribution in [2.45, 2.75) is 0 Å². The lowest BCUT2D eigenvalue weighted by Crippen LogP contribution is -2.18. The van der Waals surface area contributed by atoms with Crippen LogP contribution in [-0.2, 0) is 19.4 Å². The molecule has 0 aromatic heterocycles. The van der Waals surface area contributed by atoms with Gasteiger partial charge in [-0.3, -0.25) is 0 Å². The van der Waals surface area contributed by atoms with Crippen LogP contribution in [0.3, 0.4) is 0 Å². The number of nitriles is 1. The highest BCUT2D eigenvalue weighted by Crippen LogP contribution is 2.02. The van der Waals surface area contributed by atoms with Gasteiger partial charge in [-0.15, -0.1) is 0 Å². The van der Waals surface area contributed by atoms with Gasteiger partial charge < -0.3 is 9.64 Å². The molecule has 0 bridgehead atoms. The molecule has 0 spiro atoms. The monoisotopic (exact) mass is 284 g/mol. The van der Waals surface area contributed by atoms with E-state index in [1.54, 1.807) is 24.2 Å². The van der Waals surface area contributed by atoms with E-state index in [4.69, 9.17) is 10.00 Å². The smallest absolute Gasteiger partial charge is 0.330 e. The zero-order valence-electron chi connectivity index (χ0n) is 10.9. The first-order valence-corrected chi connectivity index (χ1v) is 7.18. The molecule has 0 unspecified atom stereocenters. The highest BCUT2D eigenvalue weighted by atomic mass is 32.2. The summed E-state index contributed by atoms with van der Waals surface area (Å²) in [5.41, 5.74) is 0. The topological polar surface area (TPSA) is 87.5 Å². The Labute approximate surface area is 113 Å². The number of ether oxygens (including phenoxy) is 1. The Balaban J connectivity index is 4.34. The normalized spacial score (nSPS) is 11.9. The molecular formula is C12H16N2O4S. The lowest BCUT2D eigenvalue weighted by atomic mass is 10.5. The summed E-state index contributed by atoms with van der Waals surface area (Å²) in [5.74, 6) is -0.499. The van der Waals surface area contributed by atoms with Crippen molar-refractivity contribution in [3.8, 4) is 6.07 Å². The number of sulfone groups is 1. The Bertz CT molecular complexity index is 526. The van der Waals surface area contributed by atoms with Crippen LogP contribution in [-0.4, -0.2) is 45.7 Å². The van der Waals surface area contributed by atoms with Gasteiger partial charge in [0.25, 0.3) is 0 Å². The van der Waals surface area contributed by atoms with Crippen LogP contribution in [0.25, 0.3) is 0 Å². The summed E-state index contributed by atoms with van der Waals surface area (Å²) in [4.78, 5) is 12.1. The fourth-order valence-electron chi connectivity index (χ4n) is 0.945. The molecule has 0 aromatic carbocycles. The van der Waals surface area contributed by atoms with Crippen LogP contribution >= 0.6 is 0 Å². The molecule has 0 heterocycles. The number of nitrogens with zero attached hydrogens (tertiary/aromatic N) is 2. The van der Waals surface area contributed by atoms with E-state index in [0.29, 0.717) is 6.54 Å². The Morgan fingerprint density at radius 2 is 2.16 bits per heavy atom. The SMILES string of the molecule is C=CC(=O)OCCN(C)/C=C/C=C(\C#N)S(C)(=O)=O. The number of hydrogen-bond donors (Lipinski definition) is 0. The van der Waals surface area contributed by atoms with E-state index in [9.17, 15) is 13.2 Å². The third-order valence-electron chi connectivity index (χ3n) is 1.95. The van der Waals surface area contributed by atoms with E-state index >= 15 is 0 Å². The van der Waals surface area contributed by atoms with Crippen LogP contribution in [0, 0.1) is 11.3 Å². The summed E-state index contributed by atoms with van der Waals surface area (Å²) in [7, 11) is -1.77. The summed E-state index contributed by atoms with van der Waals surface area (Å²) in [6.45, 7) is 3.88. The van der Waals surface area contributed by atoms with Gasteiger partial charge in [-0.1, -0.05) is 6.58 Å². The molecule has 0 aromatic rings. The van der Waals surface area contributed by atoms with Crippen molar-refractivity contribution in [2.75, 3.05) is 26.5 Å². The number of carbonyl (C=O) groups excluding carboxylic acids is 1. The van der Waals surface area contributed by atoms with Crippen LogP contribution in [0.2, 0.25) is 0 Å². The lowest BCUT2D eigenvalue weighted by molar-refractivity contribution is -0.137. The number of allylic oxidation sites excluding steroid dienone is 3. The van der Waals surface area contributed by atoms with Gasteiger partial charge in [0, 0.05) is 19.4 Å². The van der Waals surface area contributed by atoms with E-state index < -0.39 is 15.8 Å². The Kier molecular flexibility index (Phi) is 7.22. The van der Waals surface area contributed by atoms with Crippen LogP contribution in [0.5, 0.6) is 0 Å². The third-order valence-corrected chi connectivity index (χ3v) is 2.98. The van der Waals surface area contributed by atoms with Crippen molar-refractivity contribution in [3.63, 3.8) is 0 Å². The minimum absolute atomic E-state index is 0.187. The second-order valence-electron chi connectivity index (χ2n) is 3.61. The van der Waals surface area contributed by atoms with Gasteiger partial charge in [0.1, 0.15) is 17.6 Å². The molecule has 7 heteroatoms. The van der Waals surface area contributed by atoms with E-state index in [-0.39, 0.29) is 11.5 Å². The zero-order chi connectivity index (χ0) is 14.9. The minimum atomic E-state index is -3.49. The van der Waals surface area contributed by atoms with Gasteiger partial charge in [0.05, 0.1) is 6.54 Å². The van der Waals surface area contributed by atoms with Crippen molar-refractivity contribution >= 4 is 15.8 Å². The standard InChI is InChI=1S/C12H16N2O4S/c1-4-12(15)18-9-8-14(2)7-5-6-11(10-13)19(3,16)17/h4-7H,1,8-9H2,2-3H3/b7-5+,11-6+. The molecule has 104 valence electrons. The maximum atomic E-state index is 11.1. The molecule has 0 N–H and O–H groups in total. The predicted molar refractivity (Wildman–Crippen MR) is 71.5 cm³/mol. The first-order valence-electron chi connectivity index (χ1n) is 5.29. The van der Waals surface area contributed by atoms with E-state index in [1.165, 1.54) is 12.2 Å². The molecule has 0 aliphatic heterocycles. The van der Waals surface area contributed by atoms with Crippen molar-refractivity contribution < 1.29 is 17.9 Å². The quantitative estimate of drug-likeness (QED) is 0.295. The van der Waals surface area contributed by atoms with Crippen LogP contribution in [0.4, 0.5) is 0 Å². The molecule has 0 saturated carbocycles. The van der Waals surface area contributed by atoms with E-state index in [2.05, 4.69) is 6.58 Å². The summed E-state index contributed by atoms with van der Waals surface area (Å²) in [6.07, 6.45) is 6.26. The average Bonchev–Trinajstić information content (AvgIpc) is 2.32. The van der Waals surface area contributed by atoms with Gasteiger partial charge in [0.2, 0.25) is 0 Å². The average molecular weight is 284 g/mol. The number of carbonyl (C=O) groups is 1. The van der Waals surface area contributed by atoms with Gasteiger partial charge in [-0.2, -0.15) is 5.26 Å². The first-order chi connectivity index (χ1) is 8.81. The van der Waals surface area contributed by atoms with Crippen molar-refractivity contribution in [2.24, 2.45) is 0 Å². The maximum absolute atomic E-state index is 11.1. The highest BCUT2D eigenvalue weighted by molar-refractivity contribution is 7.94. The van der Waals surface area contributed by atoms with Gasteiger partial charge in [0.15, 0.2) is 9.84 Å². The van der Waals surface area contributed by atoms with Gasteiger partial charge in [-0.05, 0) is 18.4 Å². The fraction of sp³-hybridized carbons (Fsp3) is 0.333. The molecule has 0 amide bonds. The summed E-state index contributed by atoms with van der Waals surface area (Å²) < 4.78 is 27.0.